The summed E-state index contributed by atoms with van der Waals surface area (Å²) in [7, 11) is 0. The van der Waals surface area contributed by atoms with Crippen molar-refractivity contribution in [2.24, 2.45) is 88.8 Å². The lowest BCUT2D eigenvalue weighted by atomic mass is 9.61. The highest BCUT2D eigenvalue weighted by molar-refractivity contribution is 5.23. The molecule has 0 radical (unpaired) electrons. The summed E-state index contributed by atoms with van der Waals surface area (Å²) in [6.07, 6.45) is 62.9. The van der Waals surface area contributed by atoms with Crippen molar-refractivity contribution in [1.29, 1.82) is 0 Å². The largest absolute Gasteiger partial charge is 0.641 e. The number of likely N-dealkylation sites (tertiary alicyclic amines) is 1. The van der Waals surface area contributed by atoms with Crippen molar-refractivity contribution in [3.8, 4) is 0 Å². The first-order valence-corrected chi connectivity index (χ1v) is 31.0. The smallest absolute Gasteiger partial charge is 0.0613 e. The molecule has 67 heavy (non-hydrogen) atoms. The van der Waals surface area contributed by atoms with Crippen LogP contribution in [0.1, 0.15) is 219 Å². The Morgan fingerprint density at radius 3 is 2.15 bits per heavy atom. The molecule has 3 aliphatic heterocycles. The van der Waals surface area contributed by atoms with Crippen LogP contribution in [0.4, 0.5) is 0 Å². The Morgan fingerprint density at radius 1 is 0.522 bits per heavy atom. The molecule has 4 nitrogen and oxygen atoms in total. The quantitative estimate of drug-likeness (QED) is 0.259. The lowest BCUT2D eigenvalue weighted by Crippen LogP contribution is -2.58. The van der Waals surface area contributed by atoms with Gasteiger partial charge in [-0.15, -0.1) is 12.1 Å². The Hall–Kier alpha value is -0.940. The molecule has 13 rings (SSSR count). The van der Waals surface area contributed by atoms with Crippen molar-refractivity contribution < 1.29 is 4.74 Å². The number of allylic oxidation sites excluding steroid dienone is 5. The maximum atomic E-state index is 6.98. The normalized spacial score (nSPS) is 50.9. The predicted molar refractivity (Wildman–Crippen MR) is 276 cm³/mol. The van der Waals surface area contributed by atoms with Crippen LogP contribution in [0.3, 0.4) is 0 Å². The molecule has 4 heteroatoms. The van der Waals surface area contributed by atoms with Crippen LogP contribution < -0.4 is 5.32 Å². The minimum Gasteiger partial charge on any atom is -0.641 e. The monoisotopic (exact) mass is 913 g/mol. The van der Waals surface area contributed by atoms with Gasteiger partial charge in [-0.1, -0.05) is 114 Å². The van der Waals surface area contributed by atoms with E-state index in [9.17, 15) is 0 Å². The number of ether oxygens (including phenoxy) is 1. The highest BCUT2D eigenvalue weighted by Gasteiger charge is 2.55. The van der Waals surface area contributed by atoms with Gasteiger partial charge in [0.25, 0.3) is 0 Å². The summed E-state index contributed by atoms with van der Waals surface area (Å²) in [4.78, 5) is 3.33. The predicted octanol–water partition coefficient (Wildman–Crippen LogP) is 15.5. The molecule has 0 spiro atoms. The SMILES string of the molecule is CC1CC2OC3CCC(C4CCCCC4)CC3C2CC1C1=CCC(C2CCC3C(C2)C2CCCCC2N3C2CCCC(C3C=CCC(C4[N-]C5C=CCCC5C(C5CCCCC5)N4)C3)C2)CC1. The Bertz CT molecular complexity index is 1760. The molecule has 0 aromatic rings. The minimum absolute atomic E-state index is 0.361. The van der Waals surface area contributed by atoms with E-state index in [-0.39, 0.29) is 0 Å². The summed E-state index contributed by atoms with van der Waals surface area (Å²) in [5.41, 5.74) is 1.91. The first-order chi connectivity index (χ1) is 33.1. The number of fused-ring (bicyclic) bond motifs is 7. The third-order valence-corrected chi connectivity index (χ3v) is 24.3. The molecule has 10 aliphatic carbocycles. The number of nitrogens with zero attached hydrogens (tertiary/aromatic N) is 2. The van der Waals surface area contributed by atoms with Crippen LogP contribution in [-0.4, -0.2) is 53.5 Å². The maximum absolute atomic E-state index is 6.98. The lowest BCUT2D eigenvalue weighted by Gasteiger charge is -2.59. The molecule has 7 saturated carbocycles. The lowest BCUT2D eigenvalue weighted by molar-refractivity contribution is -0.0166. The third kappa shape index (κ3) is 9.05. The molecule has 21 atom stereocenters. The second-order valence-electron chi connectivity index (χ2n) is 27.4. The van der Waals surface area contributed by atoms with Crippen molar-refractivity contribution in [2.45, 2.75) is 267 Å². The molecule has 3 saturated heterocycles. The standard InChI is InChI=1S/C63H98N3O/c1-40-34-61-56(55-38-48(31-33-60(55)67-61)41-14-4-2-5-15-41)39-53(40)43-28-26-42(27-29-43)47-30-32-59-54(37-47)51-22-9-11-25-58(51)66(59)50-21-13-19-46(36-50)45-18-12-20-49(35-45)63-64-57-24-10-8-23-52(57)62(65-63)44-16-6-3-7-17-44/h10,12,18,24,28,40-42,44-63,65H,2-9,11,13-17,19-23,25-27,29-39H2,1H3/q-1. The molecular formula is C63H98N3O-. The van der Waals surface area contributed by atoms with Crippen molar-refractivity contribution in [3.63, 3.8) is 0 Å². The molecule has 10 fully saturated rings. The molecule has 372 valence electrons. The summed E-state index contributed by atoms with van der Waals surface area (Å²) >= 11 is 0. The zero-order chi connectivity index (χ0) is 44.4. The molecule has 3 heterocycles. The van der Waals surface area contributed by atoms with Gasteiger partial charge in [-0.05, 0) is 230 Å². The summed E-state index contributed by atoms with van der Waals surface area (Å²) in [6.45, 7) is 2.62. The van der Waals surface area contributed by atoms with Crippen molar-refractivity contribution in [1.82, 2.24) is 10.2 Å². The molecular weight excluding hydrogens is 815 g/mol. The van der Waals surface area contributed by atoms with E-state index in [4.69, 9.17) is 10.1 Å². The van der Waals surface area contributed by atoms with Gasteiger partial charge < -0.3 is 15.4 Å². The molecule has 0 aromatic heterocycles. The molecule has 0 aromatic carbocycles. The van der Waals surface area contributed by atoms with E-state index >= 15 is 0 Å². The van der Waals surface area contributed by atoms with Crippen molar-refractivity contribution >= 4 is 0 Å². The molecule has 0 bridgehead atoms. The topological polar surface area (TPSA) is 38.6 Å². The third-order valence-electron chi connectivity index (χ3n) is 24.3. The second kappa shape index (κ2) is 20.2. The average molecular weight is 913 g/mol. The first-order valence-electron chi connectivity index (χ1n) is 31.0. The fraction of sp³-hybridized carbons (Fsp3) is 0.905. The fourth-order valence-corrected chi connectivity index (χ4v) is 21.1. The van der Waals surface area contributed by atoms with Gasteiger partial charge in [0.15, 0.2) is 0 Å². The van der Waals surface area contributed by atoms with Crippen molar-refractivity contribution in [3.05, 3.63) is 41.3 Å². The van der Waals surface area contributed by atoms with E-state index < -0.39 is 0 Å². The zero-order valence-electron chi connectivity index (χ0n) is 42.8. The van der Waals surface area contributed by atoms with Crippen LogP contribution in [0.5, 0.6) is 0 Å². The van der Waals surface area contributed by atoms with Gasteiger partial charge in [0.2, 0.25) is 0 Å². The first kappa shape index (κ1) is 45.9. The average Bonchev–Trinajstić information content (AvgIpc) is 3.93. The van der Waals surface area contributed by atoms with E-state index in [0.29, 0.717) is 36.4 Å². The summed E-state index contributed by atoms with van der Waals surface area (Å²) in [6, 6.07) is 3.79. The summed E-state index contributed by atoms with van der Waals surface area (Å²) in [5.74, 6) is 13.3. The van der Waals surface area contributed by atoms with E-state index in [1.165, 1.54) is 199 Å². The van der Waals surface area contributed by atoms with Gasteiger partial charge in [-0.25, -0.2) is 0 Å². The highest BCUT2D eigenvalue weighted by Crippen LogP contribution is 2.58. The maximum Gasteiger partial charge on any atom is 0.0613 e. The second-order valence-corrected chi connectivity index (χ2v) is 27.4. The Balaban J connectivity index is 0.639. The summed E-state index contributed by atoms with van der Waals surface area (Å²) < 4.78 is 6.98. The van der Waals surface area contributed by atoms with Gasteiger partial charge in [0.1, 0.15) is 0 Å². The van der Waals surface area contributed by atoms with Gasteiger partial charge >= 0.3 is 0 Å². The molecule has 1 N–H and O–H groups in total. The fourth-order valence-electron chi connectivity index (χ4n) is 21.1. The Kier molecular flexibility index (Phi) is 13.8. The van der Waals surface area contributed by atoms with E-state index in [1.807, 2.05) is 5.57 Å². The molecule has 0 amide bonds. The Morgan fingerprint density at radius 2 is 1.28 bits per heavy atom. The zero-order valence-corrected chi connectivity index (χ0v) is 42.8. The van der Waals surface area contributed by atoms with Gasteiger partial charge in [-0.3, -0.25) is 4.90 Å². The minimum atomic E-state index is 0.361. The van der Waals surface area contributed by atoms with E-state index in [2.05, 4.69) is 47.5 Å². The van der Waals surface area contributed by atoms with Gasteiger partial charge in [-0.2, -0.15) is 0 Å². The van der Waals surface area contributed by atoms with E-state index in [0.717, 1.165) is 101 Å². The van der Waals surface area contributed by atoms with Gasteiger partial charge in [0.05, 0.1) is 12.2 Å². The number of hydrogen-bond donors (Lipinski definition) is 1. The van der Waals surface area contributed by atoms with Gasteiger partial charge in [0, 0.05) is 24.2 Å². The van der Waals surface area contributed by atoms with Crippen LogP contribution in [0.15, 0.2) is 36.0 Å². The van der Waals surface area contributed by atoms with Crippen LogP contribution in [0, 0.1) is 88.8 Å². The molecule has 21 unspecified atom stereocenters. The molecule has 13 aliphatic rings. The summed E-state index contributed by atoms with van der Waals surface area (Å²) in [5, 5.41) is 10.0. The number of hydrogen-bond acceptors (Lipinski definition) is 3. The highest BCUT2D eigenvalue weighted by atomic mass is 16.5. The number of rotatable bonds is 7. The van der Waals surface area contributed by atoms with Crippen LogP contribution in [0.2, 0.25) is 0 Å². The van der Waals surface area contributed by atoms with Crippen LogP contribution in [-0.2, 0) is 4.74 Å². The van der Waals surface area contributed by atoms with E-state index in [1.54, 1.807) is 12.8 Å². The Labute approximate surface area is 410 Å². The van der Waals surface area contributed by atoms with Crippen molar-refractivity contribution in [2.75, 3.05) is 0 Å². The van der Waals surface area contributed by atoms with Crippen LogP contribution in [0.25, 0.3) is 5.32 Å². The number of nitrogens with one attached hydrogen (secondary N) is 1. The van der Waals surface area contributed by atoms with Crippen LogP contribution >= 0.6 is 0 Å².